The molecule has 38 heavy (non-hydrogen) atoms. The van der Waals surface area contributed by atoms with E-state index < -0.39 is 5.60 Å². The summed E-state index contributed by atoms with van der Waals surface area (Å²) in [6.45, 7) is 4.22. The molecule has 0 amide bonds. The third kappa shape index (κ3) is 3.33. The Morgan fingerprint density at radius 1 is 0.763 bits per heavy atom. The van der Waals surface area contributed by atoms with Gasteiger partial charge in [0.2, 0.25) is 0 Å². The zero-order chi connectivity index (χ0) is 25.9. The third-order valence-corrected chi connectivity index (χ3v) is 8.29. The summed E-state index contributed by atoms with van der Waals surface area (Å²) in [7, 11) is 1.72. The number of ether oxygens (including phenoxy) is 2. The second-order valence-electron chi connectivity index (χ2n) is 10.5. The molecule has 1 heterocycles. The van der Waals surface area contributed by atoms with Crippen molar-refractivity contribution < 1.29 is 9.47 Å². The number of benzene rings is 5. The molecule has 0 radical (unpaired) electrons. The highest BCUT2D eigenvalue weighted by atomic mass is 16.5. The van der Waals surface area contributed by atoms with Gasteiger partial charge in [-0.05, 0) is 84.0 Å². The van der Waals surface area contributed by atoms with Crippen LogP contribution in [-0.4, -0.2) is 7.11 Å². The van der Waals surface area contributed by atoms with Crippen molar-refractivity contribution >= 4 is 16.8 Å². The molecule has 0 aromatic heterocycles. The summed E-state index contributed by atoms with van der Waals surface area (Å²) in [4.78, 5) is 0. The van der Waals surface area contributed by atoms with Gasteiger partial charge in [0.15, 0.2) is 5.60 Å². The van der Waals surface area contributed by atoms with Gasteiger partial charge in [0.05, 0.1) is 7.11 Å². The molecule has 5 aromatic carbocycles. The molecule has 0 saturated heterocycles. The number of hydrogen-bond acceptors (Lipinski definition) is 2. The van der Waals surface area contributed by atoms with E-state index in [0.29, 0.717) is 0 Å². The Bertz CT molecular complexity index is 1740. The van der Waals surface area contributed by atoms with Gasteiger partial charge in [-0.3, -0.25) is 0 Å². The minimum absolute atomic E-state index is 0.745. The van der Waals surface area contributed by atoms with Crippen LogP contribution in [0.15, 0.2) is 97.1 Å². The van der Waals surface area contributed by atoms with E-state index in [9.17, 15) is 0 Å². The first-order valence-corrected chi connectivity index (χ1v) is 13.4. The van der Waals surface area contributed by atoms with Gasteiger partial charge in [0.1, 0.15) is 11.5 Å². The maximum absolute atomic E-state index is 7.35. The fourth-order valence-corrected chi connectivity index (χ4v) is 6.35. The van der Waals surface area contributed by atoms with Gasteiger partial charge >= 0.3 is 0 Å². The fraction of sp³-hybridized carbons (Fsp3) is 0.167. The average Bonchev–Trinajstić information content (AvgIpc) is 2.97. The molecule has 0 bridgehead atoms. The molecule has 1 aliphatic carbocycles. The smallest absolute Gasteiger partial charge is 0.178 e. The van der Waals surface area contributed by atoms with Crippen molar-refractivity contribution in [2.24, 2.45) is 0 Å². The Labute approximate surface area is 224 Å². The summed E-state index contributed by atoms with van der Waals surface area (Å²) in [6, 6.07) is 32.8. The maximum atomic E-state index is 7.35. The summed E-state index contributed by atoms with van der Waals surface area (Å²) >= 11 is 0. The van der Waals surface area contributed by atoms with E-state index >= 15 is 0 Å². The van der Waals surface area contributed by atoms with E-state index in [0.717, 1.165) is 41.0 Å². The van der Waals surface area contributed by atoms with Crippen LogP contribution < -0.4 is 9.47 Å². The highest BCUT2D eigenvalue weighted by molar-refractivity contribution is 6.06. The van der Waals surface area contributed by atoms with Crippen LogP contribution in [0.4, 0.5) is 0 Å². The van der Waals surface area contributed by atoms with Crippen LogP contribution in [0.1, 0.15) is 38.9 Å². The first-order valence-electron chi connectivity index (χ1n) is 13.4. The molecule has 0 N–H and O–H groups in total. The second-order valence-corrected chi connectivity index (χ2v) is 10.5. The number of fused-ring (bicyclic) bond motifs is 8. The van der Waals surface area contributed by atoms with Gasteiger partial charge in [-0.2, -0.15) is 0 Å². The van der Waals surface area contributed by atoms with Crippen LogP contribution in [-0.2, 0) is 18.4 Å². The van der Waals surface area contributed by atoms with Crippen molar-refractivity contribution in [3.05, 3.63) is 136 Å². The van der Waals surface area contributed by atoms with Crippen LogP contribution in [0, 0.1) is 13.8 Å². The second kappa shape index (κ2) is 8.63. The molecule has 1 unspecified atom stereocenters. The zero-order valence-corrected chi connectivity index (χ0v) is 22.0. The maximum Gasteiger partial charge on any atom is 0.178 e. The highest BCUT2D eigenvalue weighted by Gasteiger charge is 2.40. The SMILES string of the molecule is COc1ccc(C2(c3ccc(C)cc3)C=Cc3c(c4c(c5ccccc35)-c3ccccc3CC4)O2)cc1C. The predicted octanol–water partition coefficient (Wildman–Crippen LogP) is 8.58. The molecular formula is C36H30O2. The number of methoxy groups -OCH3 is 1. The van der Waals surface area contributed by atoms with Crippen LogP contribution in [0.3, 0.4) is 0 Å². The normalized spacial score (nSPS) is 17.3. The molecule has 186 valence electrons. The van der Waals surface area contributed by atoms with E-state index in [1.807, 2.05) is 0 Å². The van der Waals surface area contributed by atoms with Crippen molar-refractivity contribution in [1.82, 2.24) is 0 Å². The van der Waals surface area contributed by atoms with Gasteiger partial charge < -0.3 is 9.47 Å². The van der Waals surface area contributed by atoms with Gasteiger partial charge in [0, 0.05) is 22.3 Å². The molecule has 2 nitrogen and oxygen atoms in total. The molecular weight excluding hydrogens is 464 g/mol. The van der Waals surface area contributed by atoms with Crippen LogP contribution in [0.2, 0.25) is 0 Å². The van der Waals surface area contributed by atoms with E-state index in [2.05, 4.69) is 117 Å². The summed E-state index contributed by atoms with van der Waals surface area (Å²) in [5.41, 5.74) is 10.3. The van der Waals surface area contributed by atoms with Gasteiger partial charge in [-0.15, -0.1) is 0 Å². The van der Waals surface area contributed by atoms with E-state index in [1.165, 1.54) is 44.2 Å². The monoisotopic (exact) mass is 494 g/mol. The number of aryl methyl sites for hydroxylation is 3. The Morgan fingerprint density at radius 2 is 1.50 bits per heavy atom. The van der Waals surface area contributed by atoms with Crippen LogP contribution in [0.25, 0.3) is 28.0 Å². The Kier molecular flexibility index (Phi) is 5.19. The highest BCUT2D eigenvalue weighted by Crippen LogP contribution is 2.51. The van der Waals surface area contributed by atoms with Gasteiger partial charge in [-0.1, -0.05) is 84.4 Å². The van der Waals surface area contributed by atoms with Crippen molar-refractivity contribution in [2.75, 3.05) is 7.11 Å². The lowest BCUT2D eigenvalue weighted by atomic mass is 9.78. The molecule has 0 saturated carbocycles. The Morgan fingerprint density at radius 3 is 2.29 bits per heavy atom. The minimum Gasteiger partial charge on any atom is -0.496 e. The third-order valence-electron chi connectivity index (χ3n) is 8.29. The zero-order valence-electron chi connectivity index (χ0n) is 22.0. The largest absolute Gasteiger partial charge is 0.496 e. The van der Waals surface area contributed by atoms with Crippen molar-refractivity contribution in [3.63, 3.8) is 0 Å². The molecule has 2 heteroatoms. The van der Waals surface area contributed by atoms with Gasteiger partial charge in [0.25, 0.3) is 0 Å². The summed E-state index contributed by atoms with van der Waals surface area (Å²) in [5, 5.41) is 2.53. The molecule has 1 atom stereocenters. The molecule has 5 aromatic rings. The minimum atomic E-state index is -0.745. The molecule has 2 aliphatic rings. The quantitative estimate of drug-likeness (QED) is 0.250. The van der Waals surface area contributed by atoms with Crippen molar-refractivity contribution in [1.29, 1.82) is 0 Å². The lowest BCUT2D eigenvalue weighted by Gasteiger charge is -2.39. The number of hydrogen-bond donors (Lipinski definition) is 0. The average molecular weight is 495 g/mol. The lowest BCUT2D eigenvalue weighted by Crippen LogP contribution is -2.35. The molecule has 0 spiro atoms. The van der Waals surface area contributed by atoms with Crippen LogP contribution >= 0.6 is 0 Å². The van der Waals surface area contributed by atoms with E-state index in [-0.39, 0.29) is 0 Å². The summed E-state index contributed by atoms with van der Waals surface area (Å²) in [6.07, 6.45) is 6.51. The van der Waals surface area contributed by atoms with Gasteiger partial charge in [-0.25, -0.2) is 0 Å². The first kappa shape index (κ1) is 22.9. The fourth-order valence-electron chi connectivity index (χ4n) is 6.35. The molecule has 1 aliphatic heterocycles. The van der Waals surface area contributed by atoms with Crippen molar-refractivity contribution in [2.45, 2.75) is 32.3 Å². The topological polar surface area (TPSA) is 18.5 Å². The van der Waals surface area contributed by atoms with E-state index in [1.54, 1.807) is 7.11 Å². The van der Waals surface area contributed by atoms with E-state index in [4.69, 9.17) is 9.47 Å². The van der Waals surface area contributed by atoms with Crippen LogP contribution in [0.5, 0.6) is 11.5 Å². The summed E-state index contributed by atoms with van der Waals surface area (Å²) < 4.78 is 12.9. The van der Waals surface area contributed by atoms with Crippen molar-refractivity contribution in [3.8, 4) is 22.6 Å². The Balaban J connectivity index is 1.53. The predicted molar refractivity (Wildman–Crippen MR) is 156 cm³/mol. The number of rotatable bonds is 3. The molecule has 0 fully saturated rings. The lowest BCUT2D eigenvalue weighted by molar-refractivity contribution is 0.159. The standard InChI is InChI=1S/C36H30O2/c1-23-12-15-26(16-13-23)36(27-17-19-33(37-3)24(2)22-27)21-20-31-29-10-6-7-11-30(29)34-28-9-5-4-8-25(28)14-18-32(34)35(31)38-36/h4-13,15-17,19-22H,14,18H2,1-3H3. The summed E-state index contributed by atoms with van der Waals surface area (Å²) in [5.74, 6) is 1.89. The molecule has 7 rings (SSSR count). The Hall–Kier alpha value is -4.30. The first-order chi connectivity index (χ1) is 18.6.